The highest BCUT2D eigenvalue weighted by Crippen LogP contribution is 2.30. The van der Waals surface area contributed by atoms with Crippen molar-refractivity contribution in [2.45, 2.75) is 24.9 Å². The maximum absolute atomic E-state index is 12.6. The largest absolute Gasteiger partial charge is 0.611 e. The lowest BCUT2D eigenvalue weighted by molar-refractivity contribution is -0.106. The smallest absolute Gasteiger partial charge is 0.433 e. The molecule has 1 atom stereocenters. The lowest BCUT2D eigenvalue weighted by atomic mass is 10.1. The molecule has 0 aliphatic rings. The molecule has 0 saturated carbocycles. The second kappa shape index (κ2) is 8.14. The van der Waals surface area contributed by atoms with Gasteiger partial charge in [0.1, 0.15) is 5.84 Å². The number of amidine groups is 1. The molecule has 2 rings (SSSR count). The van der Waals surface area contributed by atoms with Crippen molar-refractivity contribution < 1.29 is 17.7 Å². The van der Waals surface area contributed by atoms with Crippen LogP contribution in [-0.2, 0) is 11.2 Å². The van der Waals surface area contributed by atoms with Crippen molar-refractivity contribution in [3.63, 3.8) is 0 Å². The molecule has 0 aliphatic carbocycles. The van der Waals surface area contributed by atoms with E-state index in [9.17, 15) is 17.7 Å². The number of hydrogen-bond donors (Lipinski definition) is 0. The summed E-state index contributed by atoms with van der Waals surface area (Å²) in [6.07, 6.45) is -4.48. The average Bonchev–Trinajstić information content (AvgIpc) is 2.52. The number of alkyl halides is 3. The SMILES string of the molecule is Cc1cc(C)c([S+]([O-])CC(F)(F)F)cc1/N=C(/c1ccccc1)N(C)C. The van der Waals surface area contributed by atoms with E-state index in [-0.39, 0.29) is 4.90 Å². The second-order valence-corrected chi connectivity index (χ2v) is 7.62. The van der Waals surface area contributed by atoms with Crippen molar-refractivity contribution in [2.75, 3.05) is 19.8 Å². The molecule has 0 saturated heterocycles. The molecule has 0 spiro atoms. The summed E-state index contributed by atoms with van der Waals surface area (Å²) in [4.78, 5) is 6.63. The van der Waals surface area contributed by atoms with Gasteiger partial charge in [0.2, 0.25) is 5.75 Å². The van der Waals surface area contributed by atoms with Crippen LogP contribution in [0.2, 0.25) is 0 Å². The summed E-state index contributed by atoms with van der Waals surface area (Å²) >= 11 is -2.16. The molecule has 0 bridgehead atoms. The average molecular weight is 382 g/mol. The van der Waals surface area contributed by atoms with Gasteiger partial charge in [0.15, 0.2) is 4.90 Å². The van der Waals surface area contributed by atoms with Gasteiger partial charge in [-0.1, -0.05) is 30.3 Å². The highest BCUT2D eigenvalue weighted by atomic mass is 32.2. The Morgan fingerprint density at radius 1 is 1.08 bits per heavy atom. The van der Waals surface area contributed by atoms with E-state index in [0.29, 0.717) is 17.1 Å². The first-order valence-corrected chi connectivity index (χ1v) is 9.28. The zero-order valence-corrected chi connectivity index (χ0v) is 15.9. The molecule has 140 valence electrons. The quantitative estimate of drug-likeness (QED) is 0.440. The van der Waals surface area contributed by atoms with Crippen LogP contribution in [0.15, 0.2) is 52.4 Å². The predicted octanol–water partition coefficient (Wildman–Crippen LogP) is 4.61. The number of benzene rings is 2. The molecule has 26 heavy (non-hydrogen) atoms. The highest BCUT2D eigenvalue weighted by Gasteiger charge is 2.36. The Hall–Kier alpha value is -1.99. The summed E-state index contributed by atoms with van der Waals surface area (Å²) < 4.78 is 50.0. The summed E-state index contributed by atoms with van der Waals surface area (Å²) in [5.74, 6) is -0.690. The maximum Gasteiger partial charge on any atom is 0.433 e. The zero-order valence-electron chi connectivity index (χ0n) is 15.1. The number of aryl methyl sites for hydroxylation is 2. The van der Waals surface area contributed by atoms with Crippen LogP contribution in [0.5, 0.6) is 0 Å². The third-order valence-corrected chi connectivity index (χ3v) is 5.24. The third-order valence-electron chi connectivity index (χ3n) is 3.72. The van der Waals surface area contributed by atoms with Crippen LogP contribution < -0.4 is 0 Å². The minimum atomic E-state index is -4.48. The molecule has 0 radical (unpaired) electrons. The van der Waals surface area contributed by atoms with Gasteiger partial charge in [-0.15, -0.1) is 0 Å². The van der Waals surface area contributed by atoms with Gasteiger partial charge in [0.05, 0.1) is 5.69 Å². The number of nitrogens with zero attached hydrogens (tertiary/aromatic N) is 2. The van der Waals surface area contributed by atoms with E-state index in [4.69, 9.17) is 0 Å². The van der Waals surface area contributed by atoms with Gasteiger partial charge in [0.25, 0.3) is 0 Å². The van der Waals surface area contributed by atoms with Crippen LogP contribution >= 0.6 is 0 Å². The van der Waals surface area contributed by atoms with E-state index in [2.05, 4.69) is 4.99 Å². The zero-order chi connectivity index (χ0) is 19.5. The molecule has 0 heterocycles. The molecule has 1 unspecified atom stereocenters. The van der Waals surface area contributed by atoms with E-state index in [1.54, 1.807) is 13.0 Å². The van der Waals surface area contributed by atoms with Gasteiger partial charge in [-0.05, 0) is 36.7 Å². The van der Waals surface area contributed by atoms with Crippen LogP contribution in [0, 0.1) is 13.8 Å². The Labute approximate surface area is 154 Å². The molecule has 0 fully saturated rings. The molecule has 0 aliphatic heterocycles. The Kier molecular flexibility index (Phi) is 6.36. The highest BCUT2D eigenvalue weighted by molar-refractivity contribution is 7.91. The molecule has 0 aromatic heterocycles. The van der Waals surface area contributed by atoms with Gasteiger partial charge in [-0.3, -0.25) is 0 Å². The molecule has 7 heteroatoms. The Balaban J connectivity index is 2.50. The molecule has 2 aromatic rings. The minimum absolute atomic E-state index is 0.165. The standard InChI is InChI=1S/C19H21F3N2OS/c1-13-10-14(2)17(26(25)12-19(20,21)22)11-16(13)23-18(24(3)4)15-8-6-5-7-9-15/h5-11H,12H2,1-4H3/b23-18-. The molecular formula is C19H21F3N2OS. The summed E-state index contributed by atoms with van der Waals surface area (Å²) in [7, 11) is 3.69. The first-order chi connectivity index (χ1) is 12.1. The van der Waals surface area contributed by atoms with Crippen molar-refractivity contribution in [3.8, 4) is 0 Å². The van der Waals surface area contributed by atoms with Crippen LogP contribution in [0.3, 0.4) is 0 Å². The first kappa shape index (κ1) is 20.3. The molecule has 0 N–H and O–H groups in total. The molecule has 3 nitrogen and oxygen atoms in total. The third kappa shape index (κ3) is 5.25. The molecular weight excluding hydrogens is 361 g/mol. The normalized spacial score (nSPS) is 13.6. The monoisotopic (exact) mass is 382 g/mol. The van der Waals surface area contributed by atoms with Crippen LogP contribution in [0.25, 0.3) is 0 Å². The fraction of sp³-hybridized carbons (Fsp3) is 0.316. The summed E-state index contributed by atoms with van der Waals surface area (Å²) in [6.45, 7) is 3.49. The number of hydrogen-bond acceptors (Lipinski definition) is 2. The fourth-order valence-corrected chi connectivity index (χ4v) is 3.65. The van der Waals surface area contributed by atoms with Crippen molar-refractivity contribution in [1.29, 1.82) is 0 Å². The van der Waals surface area contributed by atoms with E-state index in [1.807, 2.05) is 56.3 Å². The summed E-state index contributed by atoms with van der Waals surface area (Å²) in [5.41, 5.74) is 2.77. The maximum atomic E-state index is 12.6. The van der Waals surface area contributed by atoms with E-state index in [0.717, 1.165) is 11.1 Å². The number of rotatable bonds is 4. The topological polar surface area (TPSA) is 38.7 Å². The lowest BCUT2D eigenvalue weighted by Gasteiger charge is -2.18. The van der Waals surface area contributed by atoms with Crippen LogP contribution in [-0.4, -0.2) is 41.3 Å². The number of aliphatic imine (C=N–C) groups is 1. The Bertz CT molecular complexity index is 789. The van der Waals surface area contributed by atoms with E-state index < -0.39 is 23.1 Å². The summed E-state index contributed by atoms with van der Waals surface area (Å²) in [5, 5.41) is 0. The van der Waals surface area contributed by atoms with Crippen molar-refractivity contribution in [1.82, 2.24) is 4.90 Å². The van der Waals surface area contributed by atoms with Crippen LogP contribution in [0.1, 0.15) is 16.7 Å². The van der Waals surface area contributed by atoms with E-state index in [1.165, 1.54) is 6.07 Å². The summed E-state index contributed by atoms with van der Waals surface area (Å²) in [6, 6.07) is 12.7. The molecule has 0 amide bonds. The predicted molar refractivity (Wildman–Crippen MR) is 99.6 cm³/mol. The van der Waals surface area contributed by atoms with Crippen molar-refractivity contribution in [3.05, 3.63) is 59.2 Å². The van der Waals surface area contributed by atoms with E-state index >= 15 is 0 Å². The van der Waals surface area contributed by atoms with Gasteiger partial charge >= 0.3 is 6.18 Å². The minimum Gasteiger partial charge on any atom is -0.611 e. The second-order valence-electron chi connectivity index (χ2n) is 6.21. The lowest BCUT2D eigenvalue weighted by Crippen LogP contribution is -2.24. The van der Waals surface area contributed by atoms with Crippen molar-refractivity contribution >= 4 is 22.7 Å². The molecule has 2 aromatic carbocycles. The van der Waals surface area contributed by atoms with Crippen LogP contribution in [0.4, 0.5) is 18.9 Å². The van der Waals surface area contributed by atoms with Gasteiger partial charge < -0.3 is 9.45 Å². The van der Waals surface area contributed by atoms with Gasteiger partial charge in [-0.25, -0.2) is 4.99 Å². The Morgan fingerprint density at radius 2 is 1.69 bits per heavy atom. The fourth-order valence-electron chi connectivity index (χ4n) is 2.54. The van der Waals surface area contributed by atoms with Gasteiger partial charge in [0, 0.05) is 31.3 Å². The first-order valence-electron chi connectivity index (χ1n) is 7.96. The van der Waals surface area contributed by atoms with Crippen molar-refractivity contribution in [2.24, 2.45) is 4.99 Å². The number of halogens is 3. The Morgan fingerprint density at radius 3 is 2.23 bits per heavy atom. The van der Waals surface area contributed by atoms with Gasteiger partial charge in [-0.2, -0.15) is 13.2 Å².